The van der Waals surface area contributed by atoms with Gasteiger partial charge in [-0.1, -0.05) is 19.8 Å². The molecule has 98 valence electrons. The molecule has 0 aliphatic rings. The van der Waals surface area contributed by atoms with Gasteiger partial charge < -0.3 is 4.57 Å². The van der Waals surface area contributed by atoms with Gasteiger partial charge in [0.25, 0.3) is 0 Å². The van der Waals surface area contributed by atoms with Crippen molar-refractivity contribution >= 4 is 10.0 Å². The molecule has 0 aromatic carbocycles. The number of aromatic nitrogens is 2. The second-order valence-electron chi connectivity index (χ2n) is 4.23. The minimum atomic E-state index is -3.15. The molecule has 0 spiro atoms. The number of sulfonamides is 1. The maximum absolute atomic E-state index is 11.9. The van der Waals surface area contributed by atoms with E-state index < -0.39 is 10.0 Å². The lowest BCUT2D eigenvalue weighted by molar-refractivity contribution is 0.449. The Kier molecular flexibility index (Phi) is 5.14. The summed E-state index contributed by atoms with van der Waals surface area (Å²) in [5.41, 5.74) is 0. The van der Waals surface area contributed by atoms with Crippen LogP contribution in [-0.4, -0.2) is 35.1 Å². The maximum Gasteiger partial charge on any atom is 0.214 e. The number of hydrogen-bond acceptors (Lipinski definition) is 3. The Hall–Kier alpha value is -0.880. The lowest BCUT2D eigenvalue weighted by Gasteiger charge is -2.16. The molecule has 0 fully saturated rings. The number of aryl methyl sites for hydroxylation is 1. The summed E-state index contributed by atoms with van der Waals surface area (Å²) >= 11 is 0. The van der Waals surface area contributed by atoms with Crippen LogP contribution >= 0.6 is 0 Å². The van der Waals surface area contributed by atoms with E-state index in [1.165, 1.54) is 4.31 Å². The van der Waals surface area contributed by atoms with E-state index in [0.717, 1.165) is 25.1 Å². The monoisotopic (exact) mass is 259 g/mol. The highest BCUT2D eigenvalue weighted by Gasteiger charge is 2.18. The molecule has 0 N–H and O–H groups in total. The molecule has 0 amide bonds. The highest BCUT2D eigenvalue weighted by Crippen LogP contribution is 2.08. The average molecular weight is 259 g/mol. The van der Waals surface area contributed by atoms with E-state index in [2.05, 4.69) is 11.9 Å². The van der Waals surface area contributed by atoms with Gasteiger partial charge in [0, 0.05) is 26.5 Å². The molecule has 17 heavy (non-hydrogen) atoms. The minimum absolute atomic E-state index is 0.224. The first-order chi connectivity index (χ1) is 7.97. The Bertz CT molecular complexity index is 439. The van der Waals surface area contributed by atoms with Crippen LogP contribution in [0.3, 0.4) is 0 Å². The summed E-state index contributed by atoms with van der Waals surface area (Å²) in [7, 11) is 0.323. The molecular formula is C11H21N3O2S. The van der Waals surface area contributed by atoms with Gasteiger partial charge >= 0.3 is 0 Å². The van der Waals surface area contributed by atoms with Crippen LogP contribution in [0.2, 0.25) is 0 Å². The molecule has 0 unspecified atom stereocenters. The zero-order valence-corrected chi connectivity index (χ0v) is 11.6. The molecule has 0 bridgehead atoms. The summed E-state index contributed by atoms with van der Waals surface area (Å²) in [5, 5.41) is 0. The van der Waals surface area contributed by atoms with Crippen molar-refractivity contribution < 1.29 is 8.42 Å². The third-order valence-corrected chi connectivity index (χ3v) is 4.65. The van der Waals surface area contributed by atoms with Gasteiger partial charge in [-0.05, 0) is 6.42 Å². The van der Waals surface area contributed by atoms with E-state index in [1.807, 2.05) is 17.8 Å². The maximum atomic E-state index is 11.9. The molecule has 6 heteroatoms. The molecular weight excluding hydrogens is 238 g/mol. The smallest absolute Gasteiger partial charge is 0.214 e. The van der Waals surface area contributed by atoms with E-state index in [1.54, 1.807) is 13.2 Å². The summed E-state index contributed by atoms with van der Waals surface area (Å²) in [6, 6.07) is 0. The van der Waals surface area contributed by atoms with E-state index in [9.17, 15) is 8.42 Å². The van der Waals surface area contributed by atoms with Crippen LogP contribution in [0.1, 0.15) is 32.0 Å². The SMILES string of the molecule is CCCCCS(=O)(=O)N(C)Cc1nccn1C. The van der Waals surface area contributed by atoms with Gasteiger partial charge in [-0.15, -0.1) is 0 Å². The normalized spacial score (nSPS) is 12.2. The number of imidazole rings is 1. The molecule has 0 saturated heterocycles. The quantitative estimate of drug-likeness (QED) is 0.695. The second kappa shape index (κ2) is 6.16. The van der Waals surface area contributed by atoms with Gasteiger partial charge in [0.15, 0.2) is 0 Å². The number of nitrogens with zero attached hydrogens (tertiary/aromatic N) is 3. The molecule has 1 aromatic rings. The highest BCUT2D eigenvalue weighted by atomic mass is 32.2. The Morgan fingerprint density at radius 2 is 2.12 bits per heavy atom. The van der Waals surface area contributed by atoms with Crippen LogP contribution in [0, 0.1) is 0 Å². The van der Waals surface area contributed by atoms with Crippen molar-refractivity contribution in [2.24, 2.45) is 7.05 Å². The standard InChI is InChI=1S/C11H21N3O2S/c1-4-5-6-9-17(15,16)14(3)10-11-12-7-8-13(11)2/h7-8H,4-6,9-10H2,1-3H3. The second-order valence-corrected chi connectivity index (χ2v) is 6.43. The van der Waals surface area contributed by atoms with Crippen LogP contribution in [0.4, 0.5) is 0 Å². The first kappa shape index (κ1) is 14.2. The molecule has 0 saturated carbocycles. The van der Waals surface area contributed by atoms with Crippen molar-refractivity contribution in [2.45, 2.75) is 32.7 Å². The van der Waals surface area contributed by atoms with Crippen LogP contribution < -0.4 is 0 Å². The minimum Gasteiger partial charge on any atom is -0.337 e. The molecule has 1 rings (SSSR count). The molecule has 0 aliphatic heterocycles. The summed E-state index contributed by atoms with van der Waals surface area (Å²) in [6.07, 6.45) is 6.19. The number of unbranched alkanes of at least 4 members (excludes halogenated alkanes) is 2. The zero-order valence-electron chi connectivity index (χ0n) is 10.8. The van der Waals surface area contributed by atoms with Gasteiger partial charge in [0.05, 0.1) is 12.3 Å². The Labute approximate surface area is 104 Å². The van der Waals surface area contributed by atoms with Gasteiger partial charge in [-0.2, -0.15) is 4.31 Å². The predicted octanol–water partition coefficient (Wildman–Crippen LogP) is 1.37. The first-order valence-corrected chi connectivity index (χ1v) is 7.48. The highest BCUT2D eigenvalue weighted by molar-refractivity contribution is 7.89. The lowest BCUT2D eigenvalue weighted by atomic mass is 10.3. The van der Waals surface area contributed by atoms with Crippen molar-refractivity contribution in [1.29, 1.82) is 0 Å². The zero-order chi connectivity index (χ0) is 12.9. The van der Waals surface area contributed by atoms with E-state index in [4.69, 9.17) is 0 Å². The van der Waals surface area contributed by atoms with Crippen molar-refractivity contribution in [3.05, 3.63) is 18.2 Å². The Balaban J connectivity index is 2.57. The van der Waals surface area contributed by atoms with Gasteiger partial charge in [0.2, 0.25) is 10.0 Å². The van der Waals surface area contributed by atoms with Gasteiger partial charge in [-0.3, -0.25) is 0 Å². The molecule has 0 atom stereocenters. The van der Waals surface area contributed by atoms with E-state index in [-0.39, 0.29) is 5.75 Å². The lowest BCUT2D eigenvalue weighted by Crippen LogP contribution is -2.29. The molecule has 1 aromatic heterocycles. The molecule has 0 radical (unpaired) electrons. The molecule has 5 nitrogen and oxygen atoms in total. The summed E-state index contributed by atoms with van der Waals surface area (Å²) in [6.45, 7) is 2.39. The van der Waals surface area contributed by atoms with Crippen molar-refractivity contribution in [1.82, 2.24) is 13.9 Å². The third-order valence-electron chi connectivity index (χ3n) is 2.77. The first-order valence-electron chi connectivity index (χ1n) is 5.87. The Morgan fingerprint density at radius 3 is 2.65 bits per heavy atom. The van der Waals surface area contributed by atoms with Crippen molar-refractivity contribution in [3.63, 3.8) is 0 Å². The summed E-state index contributed by atoms with van der Waals surface area (Å²) in [4.78, 5) is 4.12. The van der Waals surface area contributed by atoms with Crippen LogP contribution in [0.5, 0.6) is 0 Å². The summed E-state index contributed by atoms with van der Waals surface area (Å²) < 4.78 is 27.1. The third kappa shape index (κ3) is 4.12. The molecule has 0 aliphatic carbocycles. The fourth-order valence-corrected chi connectivity index (χ4v) is 2.73. The predicted molar refractivity (Wildman–Crippen MR) is 68.0 cm³/mol. The Morgan fingerprint density at radius 1 is 1.41 bits per heavy atom. The van der Waals surface area contributed by atoms with Crippen LogP contribution in [-0.2, 0) is 23.6 Å². The van der Waals surface area contributed by atoms with Crippen molar-refractivity contribution in [3.8, 4) is 0 Å². The topological polar surface area (TPSA) is 55.2 Å². The average Bonchev–Trinajstić information content (AvgIpc) is 2.64. The largest absolute Gasteiger partial charge is 0.337 e. The van der Waals surface area contributed by atoms with Crippen molar-refractivity contribution in [2.75, 3.05) is 12.8 Å². The summed E-state index contributed by atoms with van der Waals surface area (Å²) in [5.74, 6) is 0.980. The number of hydrogen-bond donors (Lipinski definition) is 0. The fraction of sp³-hybridized carbons (Fsp3) is 0.727. The number of rotatable bonds is 7. The van der Waals surface area contributed by atoms with Gasteiger partial charge in [-0.25, -0.2) is 13.4 Å². The fourth-order valence-electron chi connectivity index (χ4n) is 1.54. The van der Waals surface area contributed by atoms with Crippen LogP contribution in [0.15, 0.2) is 12.4 Å². The van der Waals surface area contributed by atoms with E-state index in [0.29, 0.717) is 6.54 Å². The van der Waals surface area contributed by atoms with Gasteiger partial charge in [0.1, 0.15) is 5.82 Å². The van der Waals surface area contributed by atoms with Crippen LogP contribution in [0.25, 0.3) is 0 Å². The molecule has 1 heterocycles. The van der Waals surface area contributed by atoms with E-state index >= 15 is 0 Å².